The number of rotatable bonds is 3. The fraction of sp³-hybridized carbons (Fsp3) is 0.471. The number of guanidine groups is 2. The lowest BCUT2D eigenvalue weighted by Gasteiger charge is -2.50. The smallest absolute Gasteiger partial charge is 0.416 e. The number of halogens is 3. The summed E-state index contributed by atoms with van der Waals surface area (Å²) in [5.74, 6) is -4.54. The Morgan fingerprint density at radius 3 is 2.45 bits per heavy atom. The van der Waals surface area contributed by atoms with Gasteiger partial charge in [0, 0.05) is 0 Å². The average molecular weight is 444 g/mol. The van der Waals surface area contributed by atoms with Crippen molar-refractivity contribution in [1.29, 1.82) is 10.8 Å². The van der Waals surface area contributed by atoms with E-state index in [1.165, 1.54) is 0 Å². The van der Waals surface area contributed by atoms with Gasteiger partial charge in [0.1, 0.15) is 0 Å². The van der Waals surface area contributed by atoms with Gasteiger partial charge in [0.15, 0.2) is 23.7 Å². The highest BCUT2D eigenvalue weighted by Gasteiger charge is 2.75. The standard InChI is InChI=1S/C17H19F3N6O5/c18-17(19,20)8-3-1-7(2-4-8)12(28)31-10-5-26-14(22)23-9(6-27)11-15(26,16(10,29)30)25-13(21)24-11/h1-4,9-11,27,29-30H,5-6H2,(H2,22,23)(H3,21,24,25)/t9-,10-,11-,15?/m0/s1. The number of aliphatic hydroxyl groups is 3. The maximum atomic E-state index is 12.7. The number of benzene rings is 1. The summed E-state index contributed by atoms with van der Waals surface area (Å²) in [4.78, 5) is 13.6. The van der Waals surface area contributed by atoms with Gasteiger partial charge in [0.05, 0.1) is 36.4 Å². The van der Waals surface area contributed by atoms with Gasteiger partial charge in [-0.2, -0.15) is 13.2 Å². The zero-order valence-electron chi connectivity index (χ0n) is 15.7. The van der Waals surface area contributed by atoms with Crippen LogP contribution in [0.4, 0.5) is 13.2 Å². The van der Waals surface area contributed by atoms with Crippen LogP contribution in [-0.2, 0) is 10.9 Å². The molecule has 0 saturated carbocycles. The largest absolute Gasteiger partial charge is 0.451 e. The summed E-state index contributed by atoms with van der Waals surface area (Å²) in [6.07, 6.45) is -6.22. The number of alkyl halides is 3. The Morgan fingerprint density at radius 1 is 1.23 bits per heavy atom. The number of ether oxygens (including phenoxy) is 1. The minimum Gasteiger partial charge on any atom is -0.451 e. The fourth-order valence-corrected chi connectivity index (χ4v) is 4.26. The Bertz CT molecular complexity index is 939. The Labute approximate surface area is 172 Å². The summed E-state index contributed by atoms with van der Waals surface area (Å²) in [5.41, 5.74) is -3.11. The molecule has 11 nitrogen and oxygen atoms in total. The molecule has 14 heteroatoms. The van der Waals surface area contributed by atoms with E-state index in [-0.39, 0.29) is 24.0 Å². The Kier molecular flexibility index (Phi) is 4.57. The summed E-state index contributed by atoms with van der Waals surface area (Å²) >= 11 is 0. The second-order valence-electron chi connectivity index (χ2n) is 7.48. The SMILES string of the molecule is N=C1N[C@H]2[C@H](CO)NC(=N)N3C[C@H](OC(=O)c4ccc(C(F)(F)F)cc4)C(O)(O)C23N1. The molecule has 0 bridgehead atoms. The summed E-state index contributed by atoms with van der Waals surface area (Å²) in [7, 11) is 0. The van der Waals surface area contributed by atoms with E-state index in [0.717, 1.165) is 17.0 Å². The number of nitrogens with zero attached hydrogens (tertiary/aromatic N) is 1. The molecule has 1 aromatic rings. The third-order valence-corrected chi connectivity index (χ3v) is 5.74. The Balaban J connectivity index is 1.62. The van der Waals surface area contributed by atoms with E-state index in [9.17, 15) is 33.3 Å². The highest BCUT2D eigenvalue weighted by molar-refractivity contribution is 5.90. The minimum absolute atomic E-state index is 0.241. The number of nitrogens with one attached hydrogen (secondary N) is 5. The number of hydrogen-bond acceptors (Lipinski definition) is 7. The molecule has 3 aliphatic rings. The molecule has 3 saturated heterocycles. The van der Waals surface area contributed by atoms with E-state index < -0.39 is 54.0 Å². The first kappa shape index (κ1) is 21.1. The Morgan fingerprint density at radius 2 is 1.87 bits per heavy atom. The van der Waals surface area contributed by atoms with E-state index in [1.807, 2.05) is 0 Å². The van der Waals surface area contributed by atoms with E-state index in [4.69, 9.17) is 15.6 Å². The first-order valence-electron chi connectivity index (χ1n) is 9.11. The van der Waals surface area contributed by atoms with Crippen LogP contribution in [0.15, 0.2) is 24.3 Å². The van der Waals surface area contributed by atoms with Gasteiger partial charge in [-0.15, -0.1) is 0 Å². The molecule has 3 aliphatic heterocycles. The molecule has 4 rings (SSSR count). The van der Waals surface area contributed by atoms with Crippen molar-refractivity contribution < 1.29 is 38.0 Å². The van der Waals surface area contributed by atoms with Crippen molar-refractivity contribution in [2.75, 3.05) is 13.2 Å². The third-order valence-electron chi connectivity index (χ3n) is 5.74. The van der Waals surface area contributed by atoms with Crippen molar-refractivity contribution in [3.8, 4) is 0 Å². The number of hydrogen-bond donors (Lipinski definition) is 8. The van der Waals surface area contributed by atoms with Crippen LogP contribution >= 0.6 is 0 Å². The van der Waals surface area contributed by atoms with E-state index in [2.05, 4.69) is 16.0 Å². The van der Waals surface area contributed by atoms with E-state index >= 15 is 0 Å². The van der Waals surface area contributed by atoms with Crippen LogP contribution in [0.1, 0.15) is 15.9 Å². The zero-order valence-corrected chi connectivity index (χ0v) is 15.7. The number of esters is 1. The van der Waals surface area contributed by atoms with Gasteiger partial charge >= 0.3 is 12.1 Å². The van der Waals surface area contributed by atoms with Crippen LogP contribution in [0.5, 0.6) is 0 Å². The van der Waals surface area contributed by atoms with Gasteiger partial charge in [-0.1, -0.05) is 0 Å². The molecular formula is C17H19F3N6O5. The predicted molar refractivity (Wildman–Crippen MR) is 96.8 cm³/mol. The molecule has 3 fully saturated rings. The molecule has 8 N–H and O–H groups in total. The highest BCUT2D eigenvalue weighted by atomic mass is 19.4. The predicted octanol–water partition coefficient (Wildman–Crippen LogP) is -1.68. The molecule has 0 amide bonds. The van der Waals surface area contributed by atoms with Crippen LogP contribution in [0.3, 0.4) is 0 Å². The van der Waals surface area contributed by atoms with Crippen molar-refractivity contribution in [2.24, 2.45) is 0 Å². The second kappa shape index (κ2) is 6.70. The highest BCUT2D eigenvalue weighted by Crippen LogP contribution is 2.44. The lowest BCUT2D eigenvalue weighted by Crippen LogP contribution is -2.80. The van der Waals surface area contributed by atoms with Crippen molar-refractivity contribution in [3.05, 3.63) is 35.4 Å². The first-order chi connectivity index (χ1) is 14.4. The van der Waals surface area contributed by atoms with Crippen LogP contribution in [0, 0.1) is 10.8 Å². The van der Waals surface area contributed by atoms with Gasteiger partial charge in [-0.05, 0) is 24.3 Å². The number of carbonyl (C=O) groups is 1. The maximum Gasteiger partial charge on any atom is 0.416 e. The van der Waals surface area contributed by atoms with E-state index in [0.29, 0.717) is 12.1 Å². The average Bonchev–Trinajstić information content (AvgIpc) is 3.16. The van der Waals surface area contributed by atoms with Gasteiger partial charge < -0.3 is 40.9 Å². The topological polar surface area (TPSA) is 174 Å². The zero-order chi connectivity index (χ0) is 22.8. The molecule has 31 heavy (non-hydrogen) atoms. The van der Waals surface area contributed by atoms with Crippen molar-refractivity contribution in [3.63, 3.8) is 0 Å². The second-order valence-corrected chi connectivity index (χ2v) is 7.48. The Hall–Kier alpha value is -3.10. The summed E-state index contributed by atoms with van der Waals surface area (Å²) in [5, 5.41) is 55.5. The molecule has 0 aromatic heterocycles. The first-order valence-corrected chi connectivity index (χ1v) is 9.11. The summed E-state index contributed by atoms with van der Waals surface area (Å²) in [6.45, 7) is -0.876. The number of carbonyl (C=O) groups excluding carboxylic acids is 1. The maximum absolute atomic E-state index is 12.7. The molecule has 1 spiro atoms. The van der Waals surface area contributed by atoms with Crippen molar-refractivity contribution in [1.82, 2.24) is 20.9 Å². The molecule has 0 aliphatic carbocycles. The molecule has 3 heterocycles. The number of aliphatic hydroxyl groups excluding tert-OH is 1. The minimum atomic E-state index is -4.58. The van der Waals surface area contributed by atoms with Gasteiger partial charge in [-0.3, -0.25) is 10.8 Å². The molecule has 4 atom stereocenters. The van der Waals surface area contributed by atoms with Crippen LogP contribution < -0.4 is 16.0 Å². The normalized spacial score (nSPS) is 31.3. The van der Waals surface area contributed by atoms with Crippen LogP contribution in [-0.4, -0.2) is 80.9 Å². The lowest BCUT2D eigenvalue weighted by atomic mass is 9.85. The monoisotopic (exact) mass is 444 g/mol. The quantitative estimate of drug-likeness (QED) is 0.200. The van der Waals surface area contributed by atoms with Crippen LogP contribution in [0.25, 0.3) is 0 Å². The third kappa shape index (κ3) is 2.97. The fourth-order valence-electron chi connectivity index (χ4n) is 4.26. The summed E-state index contributed by atoms with van der Waals surface area (Å²) in [6, 6.07) is 1.33. The van der Waals surface area contributed by atoms with Crippen molar-refractivity contribution in [2.45, 2.75) is 35.8 Å². The molecule has 0 radical (unpaired) electrons. The van der Waals surface area contributed by atoms with Crippen molar-refractivity contribution >= 4 is 17.9 Å². The summed E-state index contributed by atoms with van der Waals surface area (Å²) < 4.78 is 43.3. The van der Waals surface area contributed by atoms with Gasteiger partial charge in [0.2, 0.25) is 5.79 Å². The molecular weight excluding hydrogens is 425 g/mol. The lowest BCUT2D eigenvalue weighted by molar-refractivity contribution is -0.258. The van der Waals surface area contributed by atoms with E-state index in [1.54, 1.807) is 0 Å². The molecule has 1 aromatic carbocycles. The molecule has 1 unspecified atom stereocenters. The van der Waals surface area contributed by atoms with Gasteiger partial charge in [-0.25, -0.2) is 4.79 Å². The van der Waals surface area contributed by atoms with Gasteiger partial charge in [0.25, 0.3) is 0 Å². The van der Waals surface area contributed by atoms with Crippen LogP contribution in [0.2, 0.25) is 0 Å². The molecule has 168 valence electrons.